The molecule has 106 valence electrons. The zero-order valence-corrected chi connectivity index (χ0v) is 11.8. The van der Waals surface area contributed by atoms with Crippen LogP contribution in [-0.2, 0) is 4.79 Å². The summed E-state index contributed by atoms with van der Waals surface area (Å²) < 4.78 is 12.8. The Morgan fingerprint density at radius 1 is 1.19 bits per heavy atom. The normalized spacial score (nSPS) is 10.7. The van der Waals surface area contributed by atoms with Crippen LogP contribution in [0.4, 0.5) is 10.2 Å². The van der Waals surface area contributed by atoms with Gasteiger partial charge in [0.2, 0.25) is 5.91 Å². The van der Waals surface area contributed by atoms with Crippen LogP contribution in [0.25, 0.3) is 10.9 Å². The lowest BCUT2D eigenvalue weighted by atomic mass is 10.2. The molecule has 0 spiro atoms. The van der Waals surface area contributed by atoms with E-state index in [1.807, 2.05) is 24.3 Å². The highest BCUT2D eigenvalue weighted by atomic mass is 32.2. The summed E-state index contributed by atoms with van der Waals surface area (Å²) in [5, 5.41) is 10.6. The molecule has 0 aliphatic carbocycles. The molecule has 4 nitrogen and oxygen atoms in total. The minimum Gasteiger partial charge on any atom is -0.308 e. The number of H-pyrrole nitrogens is 1. The van der Waals surface area contributed by atoms with Crippen molar-refractivity contribution in [3.8, 4) is 0 Å². The van der Waals surface area contributed by atoms with Crippen molar-refractivity contribution >= 4 is 34.4 Å². The van der Waals surface area contributed by atoms with Crippen molar-refractivity contribution in [3.63, 3.8) is 0 Å². The molecule has 0 radical (unpaired) electrons. The number of amides is 1. The molecule has 1 amide bonds. The van der Waals surface area contributed by atoms with Gasteiger partial charge in [0.25, 0.3) is 0 Å². The summed E-state index contributed by atoms with van der Waals surface area (Å²) in [6, 6.07) is 13.6. The number of carbonyl (C=O) groups is 1. The third-order valence-electron chi connectivity index (χ3n) is 2.91. The van der Waals surface area contributed by atoms with Gasteiger partial charge < -0.3 is 5.32 Å². The van der Waals surface area contributed by atoms with E-state index in [9.17, 15) is 9.18 Å². The van der Waals surface area contributed by atoms with E-state index < -0.39 is 0 Å². The van der Waals surface area contributed by atoms with Gasteiger partial charge in [0, 0.05) is 10.3 Å². The lowest BCUT2D eigenvalue weighted by Gasteiger charge is -2.03. The lowest BCUT2D eigenvalue weighted by Crippen LogP contribution is -2.14. The number of fused-ring (bicyclic) bond motifs is 1. The van der Waals surface area contributed by atoms with Crippen molar-refractivity contribution in [3.05, 3.63) is 54.3 Å². The Labute approximate surface area is 124 Å². The number of anilines is 1. The highest BCUT2D eigenvalue weighted by Gasteiger charge is 2.09. The van der Waals surface area contributed by atoms with Gasteiger partial charge in [-0.1, -0.05) is 12.1 Å². The van der Waals surface area contributed by atoms with Gasteiger partial charge in [-0.05, 0) is 36.4 Å². The van der Waals surface area contributed by atoms with Gasteiger partial charge in [0.1, 0.15) is 5.82 Å². The fourth-order valence-corrected chi connectivity index (χ4v) is 2.61. The number of nitrogens with one attached hydrogen (secondary N) is 2. The third kappa shape index (κ3) is 3.22. The van der Waals surface area contributed by atoms with Gasteiger partial charge in [0.05, 0.1) is 11.3 Å². The SMILES string of the molecule is O=C(CSc1ccc(F)cc1)Nc1n[nH]c2ccccc12. The standard InChI is InChI=1S/C15H12FN3OS/c16-10-5-7-11(8-6-10)21-9-14(20)17-15-12-3-1-2-4-13(12)18-19-15/h1-8H,9H2,(H2,17,18,19,20). The number of thioether (sulfide) groups is 1. The molecule has 3 rings (SSSR count). The average molecular weight is 301 g/mol. The van der Waals surface area contributed by atoms with Crippen LogP contribution in [0.15, 0.2) is 53.4 Å². The number of carbonyl (C=O) groups excluding carboxylic acids is 1. The zero-order chi connectivity index (χ0) is 14.7. The minimum atomic E-state index is -0.285. The number of hydrogen-bond acceptors (Lipinski definition) is 3. The van der Waals surface area contributed by atoms with Gasteiger partial charge in [-0.15, -0.1) is 11.8 Å². The number of rotatable bonds is 4. The second-order valence-electron chi connectivity index (χ2n) is 4.41. The lowest BCUT2D eigenvalue weighted by molar-refractivity contribution is -0.113. The summed E-state index contributed by atoms with van der Waals surface area (Å²) in [7, 11) is 0. The van der Waals surface area contributed by atoms with E-state index >= 15 is 0 Å². The number of nitrogens with zero attached hydrogens (tertiary/aromatic N) is 1. The molecule has 0 saturated carbocycles. The fraction of sp³-hybridized carbons (Fsp3) is 0.0667. The first-order valence-electron chi connectivity index (χ1n) is 6.34. The van der Waals surface area contributed by atoms with Crippen molar-refractivity contribution in [2.45, 2.75) is 4.90 Å². The first-order chi connectivity index (χ1) is 10.2. The second kappa shape index (κ2) is 5.97. The minimum absolute atomic E-state index is 0.151. The largest absolute Gasteiger partial charge is 0.308 e. The average Bonchev–Trinajstić information content (AvgIpc) is 2.90. The van der Waals surface area contributed by atoms with Crippen LogP contribution >= 0.6 is 11.8 Å². The molecule has 0 aliphatic heterocycles. The number of aromatic amines is 1. The Kier molecular flexibility index (Phi) is 3.87. The van der Waals surface area contributed by atoms with E-state index in [4.69, 9.17) is 0 Å². The Hall–Kier alpha value is -2.34. The molecule has 0 fully saturated rings. The van der Waals surface area contributed by atoms with Crippen LogP contribution in [0, 0.1) is 5.82 Å². The summed E-state index contributed by atoms with van der Waals surface area (Å²) in [5.41, 5.74) is 0.874. The van der Waals surface area contributed by atoms with Gasteiger partial charge >= 0.3 is 0 Å². The summed E-state index contributed by atoms with van der Waals surface area (Å²) in [6.07, 6.45) is 0. The molecule has 3 aromatic rings. The first kappa shape index (κ1) is 13.6. The highest BCUT2D eigenvalue weighted by molar-refractivity contribution is 8.00. The molecule has 2 N–H and O–H groups in total. The summed E-state index contributed by atoms with van der Waals surface area (Å²) in [6.45, 7) is 0. The number of halogens is 1. The number of aromatic nitrogens is 2. The van der Waals surface area contributed by atoms with Crippen LogP contribution in [0.2, 0.25) is 0 Å². The van der Waals surface area contributed by atoms with E-state index in [-0.39, 0.29) is 17.5 Å². The molecule has 21 heavy (non-hydrogen) atoms. The smallest absolute Gasteiger partial charge is 0.235 e. The predicted octanol–water partition coefficient (Wildman–Crippen LogP) is 3.43. The van der Waals surface area contributed by atoms with Crippen molar-refractivity contribution < 1.29 is 9.18 Å². The van der Waals surface area contributed by atoms with Gasteiger partial charge in [-0.25, -0.2) is 4.39 Å². The predicted molar refractivity (Wildman–Crippen MR) is 81.8 cm³/mol. The monoisotopic (exact) mass is 301 g/mol. The van der Waals surface area contributed by atoms with Crippen molar-refractivity contribution in [2.24, 2.45) is 0 Å². The molecule has 1 heterocycles. The maximum atomic E-state index is 12.8. The second-order valence-corrected chi connectivity index (χ2v) is 5.46. The Bertz CT molecular complexity index is 770. The molecule has 2 aromatic carbocycles. The molecule has 0 unspecified atom stereocenters. The molecule has 1 aromatic heterocycles. The van der Waals surface area contributed by atoms with Crippen molar-refractivity contribution in [1.82, 2.24) is 10.2 Å². The molecule has 0 atom stereocenters. The van der Waals surface area contributed by atoms with Crippen LogP contribution < -0.4 is 5.32 Å². The van der Waals surface area contributed by atoms with Crippen LogP contribution in [0.5, 0.6) is 0 Å². The van der Waals surface area contributed by atoms with Gasteiger partial charge in [-0.2, -0.15) is 5.10 Å². The summed E-state index contributed by atoms with van der Waals surface area (Å²) in [4.78, 5) is 12.8. The Morgan fingerprint density at radius 3 is 2.76 bits per heavy atom. The molecule has 6 heteroatoms. The van der Waals surface area contributed by atoms with E-state index in [1.165, 1.54) is 23.9 Å². The number of benzene rings is 2. The number of hydrogen-bond donors (Lipinski definition) is 2. The van der Waals surface area contributed by atoms with E-state index in [0.29, 0.717) is 5.82 Å². The zero-order valence-electron chi connectivity index (χ0n) is 11.0. The molecular weight excluding hydrogens is 289 g/mol. The maximum absolute atomic E-state index is 12.8. The van der Waals surface area contributed by atoms with Gasteiger partial charge in [-0.3, -0.25) is 9.89 Å². The molecule has 0 aliphatic rings. The van der Waals surface area contributed by atoms with E-state index in [2.05, 4.69) is 15.5 Å². The Morgan fingerprint density at radius 2 is 1.95 bits per heavy atom. The summed E-state index contributed by atoms with van der Waals surface area (Å²) >= 11 is 1.35. The Balaban J connectivity index is 1.62. The van der Waals surface area contributed by atoms with E-state index in [1.54, 1.807) is 12.1 Å². The van der Waals surface area contributed by atoms with Crippen molar-refractivity contribution in [1.29, 1.82) is 0 Å². The van der Waals surface area contributed by atoms with Gasteiger partial charge in [0.15, 0.2) is 5.82 Å². The third-order valence-corrected chi connectivity index (χ3v) is 3.92. The van der Waals surface area contributed by atoms with Crippen molar-refractivity contribution in [2.75, 3.05) is 11.1 Å². The summed E-state index contributed by atoms with van der Waals surface area (Å²) in [5.74, 6) is 0.330. The molecule has 0 saturated heterocycles. The van der Waals surface area contributed by atoms with Crippen LogP contribution in [-0.4, -0.2) is 21.9 Å². The quantitative estimate of drug-likeness (QED) is 0.726. The first-order valence-corrected chi connectivity index (χ1v) is 7.32. The molecule has 0 bridgehead atoms. The highest BCUT2D eigenvalue weighted by Crippen LogP contribution is 2.21. The van der Waals surface area contributed by atoms with E-state index in [0.717, 1.165) is 15.8 Å². The maximum Gasteiger partial charge on any atom is 0.235 e. The molecular formula is C15H12FN3OS. The number of para-hydroxylation sites is 1. The van der Waals surface area contributed by atoms with Crippen LogP contribution in [0.3, 0.4) is 0 Å². The van der Waals surface area contributed by atoms with Crippen LogP contribution in [0.1, 0.15) is 0 Å². The fourth-order valence-electron chi connectivity index (χ4n) is 1.91. The topological polar surface area (TPSA) is 57.8 Å².